The van der Waals surface area contributed by atoms with Crippen LogP contribution in [0.25, 0.3) is 0 Å². The fraction of sp³-hybridized carbons (Fsp3) is 0.929. The number of allylic oxidation sites excluding steroid dienone is 2. The van der Waals surface area contributed by atoms with Crippen molar-refractivity contribution in [3.63, 3.8) is 0 Å². The first kappa shape index (κ1) is 22.9. The Morgan fingerprint density at radius 2 is 1.70 bits per heavy atom. The SMILES string of the molecule is CCC[C@@H](C)[C@H]1CCC2[C@@H]3C(O[Si](C)(C)C)=C[C@@H]4C[C@H](C)CC[C@]4(C)C3CC[C@@]21C. The third-order valence-electron chi connectivity index (χ3n) is 10.4. The Morgan fingerprint density at radius 1 is 1.03 bits per heavy atom. The van der Waals surface area contributed by atoms with Gasteiger partial charge in [-0.15, -0.1) is 0 Å². The van der Waals surface area contributed by atoms with Crippen LogP contribution in [0.2, 0.25) is 19.6 Å². The first-order chi connectivity index (χ1) is 14.0. The Morgan fingerprint density at radius 3 is 2.37 bits per heavy atom. The molecular weight excluding hydrogens is 380 g/mol. The minimum Gasteiger partial charge on any atom is -0.547 e. The summed E-state index contributed by atoms with van der Waals surface area (Å²) in [5.74, 6) is 7.30. The fourth-order valence-electron chi connectivity index (χ4n) is 8.96. The van der Waals surface area contributed by atoms with Crippen LogP contribution in [0.15, 0.2) is 11.8 Å². The van der Waals surface area contributed by atoms with Crippen molar-refractivity contribution >= 4 is 8.32 Å². The van der Waals surface area contributed by atoms with Crippen molar-refractivity contribution in [2.24, 2.45) is 52.3 Å². The zero-order chi connectivity index (χ0) is 21.9. The average Bonchev–Trinajstić information content (AvgIpc) is 2.99. The molecule has 4 aliphatic carbocycles. The molecule has 0 spiro atoms. The molecule has 2 unspecified atom stereocenters. The molecule has 0 aliphatic heterocycles. The smallest absolute Gasteiger partial charge is 0.241 e. The molecule has 9 atom stereocenters. The summed E-state index contributed by atoms with van der Waals surface area (Å²) >= 11 is 0. The monoisotopic (exact) mass is 430 g/mol. The molecule has 0 saturated heterocycles. The van der Waals surface area contributed by atoms with Gasteiger partial charge in [-0.2, -0.15) is 0 Å². The van der Waals surface area contributed by atoms with E-state index in [1.807, 2.05) is 0 Å². The third-order valence-corrected chi connectivity index (χ3v) is 11.3. The van der Waals surface area contributed by atoms with Crippen LogP contribution in [0.3, 0.4) is 0 Å². The molecule has 0 amide bonds. The summed E-state index contributed by atoms with van der Waals surface area (Å²) in [6.07, 6.45) is 15.5. The van der Waals surface area contributed by atoms with Gasteiger partial charge in [0.2, 0.25) is 8.32 Å². The summed E-state index contributed by atoms with van der Waals surface area (Å²) in [6.45, 7) is 20.0. The van der Waals surface area contributed by atoms with E-state index in [2.05, 4.69) is 60.3 Å². The molecule has 0 radical (unpaired) electrons. The van der Waals surface area contributed by atoms with Crippen LogP contribution < -0.4 is 0 Å². The summed E-state index contributed by atoms with van der Waals surface area (Å²) < 4.78 is 6.97. The lowest BCUT2D eigenvalue weighted by molar-refractivity contribution is -0.0872. The second kappa shape index (κ2) is 7.96. The zero-order valence-electron chi connectivity index (χ0n) is 21.4. The quantitative estimate of drug-likeness (QED) is 0.396. The molecule has 0 aromatic rings. The van der Waals surface area contributed by atoms with Gasteiger partial charge in [-0.1, -0.05) is 53.9 Å². The fourth-order valence-corrected chi connectivity index (χ4v) is 9.87. The van der Waals surface area contributed by atoms with Crippen LogP contribution in [-0.2, 0) is 4.43 Å². The average molecular weight is 431 g/mol. The largest absolute Gasteiger partial charge is 0.547 e. The van der Waals surface area contributed by atoms with Crippen molar-refractivity contribution in [3.05, 3.63) is 11.8 Å². The van der Waals surface area contributed by atoms with Crippen molar-refractivity contribution in [1.82, 2.24) is 0 Å². The minimum absolute atomic E-state index is 0.512. The molecule has 3 fully saturated rings. The molecule has 30 heavy (non-hydrogen) atoms. The van der Waals surface area contributed by atoms with Crippen molar-refractivity contribution in [3.8, 4) is 0 Å². The number of hydrogen-bond acceptors (Lipinski definition) is 1. The number of fused-ring (bicyclic) bond motifs is 5. The van der Waals surface area contributed by atoms with Gasteiger partial charge in [-0.25, -0.2) is 0 Å². The molecule has 3 saturated carbocycles. The number of hydrogen-bond donors (Lipinski definition) is 0. The van der Waals surface area contributed by atoms with E-state index in [1.54, 1.807) is 0 Å². The van der Waals surface area contributed by atoms with E-state index in [1.165, 1.54) is 63.5 Å². The molecule has 1 nitrogen and oxygen atoms in total. The highest BCUT2D eigenvalue weighted by Gasteiger charge is 2.61. The lowest BCUT2D eigenvalue weighted by Gasteiger charge is -2.60. The molecule has 0 heterocycles. The summed E-state index contributed by atoms with van der Waals surface area (Å²) in [7, 11) is -1.61. The van der Waals surface area contributed by atoms with E-state index in [4.69, 9.17) is 4.43 Å². The molecule has 0 aromatic carbocycles. The van der Waals surface area contributed by atoms with Crippen molar-refractivity contribution in [2.75, 3.05) is 0 Å². The highest BCUT2D eigenvalue weighted by atomic mass is 28.4. The van der Waals surface area contributed by atoms with Gasteiger partial charge in [-0.05, 0) is 111 Å². The van der Waals surface area contributed by atoms with Crippen LogP contribution in [0.1, 0.15) is 92.4 Å². The standard InChI is InChI=1S/C28H50OSi/c1-9-10-20(3)22-11-12-23-26-24(14-16-28(22,23)5)27(4)15-13-19(2)17-21(27)18-25(26)29-30(6,7)8/h18-24,26H,9-17H2,1-8H3/t19-,20-,21+,22-,23?,24?,26+,27+,28-/m1/s1. The van der Waals surface area contributed by atoms with Gasteiger partial charge in [0.05, 0.1) is 5.76 Å². The molecular formula is C28H50OSi. The lowest BCUT2D eigenvalue weighted by Crippen LogP contribution is -2.54. The Kier molecular flexibility index (Phi) is 6.09. The first-order valence-corrected chi connectivity index (χ1v) is 16.8. The Balaban J connectivity index is 1.72. The molecule has 0 bridgehead atoms. The molecule has 2 heteroatoms. The highest BCUT2D eigenvalue weighted by molar-refractivity contribution is 6.70. The van der Waals surface area contributed by atoms with Gasteiger partial charge in [0.1, 0.15) is 0 Å². The van der Waals surface area contributed by atoms with Gasteiger partial charge in [0.25, 0.3) is 0 Å². The van der Waals surface area contributed by atoms with Crippen LogP contribution >= 0.6 is 0 Å². The topological polar surface area (TPSA) is 9.23 Å². The third kappa shape index (κ3) is 3.75. The molecule has 4 aliphatic rings. The second-order valence-corrected chi connectivity index (χ2v) is 17.9. The second-order valence-electron chi connectivity index (χ2n) is 13.5. The molecule has 4 rings (SSSR count). The Hall–Kier alpha value is -0.243. The Bertz CT molecular complexity index is 662. The first-order valence-electron chi connectivity index (χ1n) is 13.4. The minimum atomic E-state index is -1.61. The Labute approximate surface area is 188 Å². The van der Waals surface area contributed by atoms with Gasteiger partial charge in [0, 0.05) is 5.92 Å². The van der Waals surface area contributed by atoms with Crippen LogP contribution in [0.4, 0.5) is 0 Å². The maximum Gasteiger partial charge on any atom is 0.241 e. The molecule has 0 aromatic heterocycles. The van der Waals surface area contributed by atoms with Gasteiger partial charge >= 0.3 is 0 Å². The van der Waals surface area contributed by atoms with Gasteiger partial charge in [-0.3, -0.25) is 0 Å². The van der Waals surface area contributed by atoms with E-state index < -0.39 is 8.32 Å². The normalized spacial score (nSPS) is 47.0. The zero-order valence-corrected chi connectivity index (χ0v) is 22.4. The van der Waals surface area contributed by atoms with Crippen LogP contribution in [0.5, 0.6) is 0 Å². The number of rotatable bonds is 5. The summed E-state index contributed by atoms with van der Waals surface area (Å²) in [5, 5.41) is 0. The predicted molar refractivity (Wildman–Crippen MR) is 132 cm³/mol. The van der Waals surface area contributed by atoms with E-state index in [0.29, 0.717) is 16.7 Å². The van der Waals surface area contributed by atoms with E-state index >= 15 is 0 Å². The van der Waals surface area contributed by atoms with Crippen LogP contribution in [-0.4, -0.2) is 8.32 Å². The summed E-state index contributed by atoms with van der Waals surface area (Å²) in [6, 6.07) is 0. The maximum atomic E-state index is 6.97. The molecule has 0 N–H and O–H groups in total. The van der Waals surface area contributed by atoms with Gasteiger partial charge in [0.15, 0.2) is 0 Å². The maximum absolute atomic E-state index is 6.97. The van der Waals surface area contributed by atoms with E-state index in [-0.39, 0.29) is 0 Å². The van der Waals surface area contributed by atoms with E-state index in [0.717, 1.165) is 35.5 Å². The lowest BCUT2D eigenvalue weighted by atomic mass is 9.45. The highest BCUT2D eigenvalue weighted by Crippen LogP contribution is 2.68. The van der Waals surface area contributed by atoms with Crippen molar-refractivity contribution in [2.45, 2.75) is 112 Å². The molecule has 172 valence electrons. The summed E-state index contributed by atoms with van der Waals surface area (Å²) in [5.41, 5.74) is 1.04. The summed E-state index contributed by atoms with van der Waals surface area (Å²) in [4.78, 5) is 0. The van der Waals surface area contributed by atoms with Crippen molar-refractivity contribution in [1.29, 1.82) is 0 Å². The van der Waals surface area contributed by atoms with Crippen molar-refractivity contribution < 1.29 is 4.43 Å². The predicted octanol–water partition coefficient (Wildman–Crippen LogP) is 8.67. The van der Waals surface area contributed by atoms with Gasteiger partial charge < -0.3 is 4.43 Å². The van der Waals surface area contributed by atoms with Crippen LogP contribution in [0, 0.1) is 52.3 Å². The van der Waals surface area contributed by atoms with E-state index in [9.17, 15) is 0 Å².